The fourth-order valence-electron chi connectivity index (χ4n) is 3.11. The fourth-order valence-corrected chi connectivity index (χ4v) is 4.87. The van der Waals surface area contributed by atoms with Crippen LogP contribution in [0.5, 0.6) is 0 Å². The van der Waals surface area contributed by atoms with Gasteiger partial charge in [-0.05, 0) is 57.5 Å². The highest BCUT2D eigenvalue weighted by molar-refractivity contribution is 7.89. The van der Waals surface area contributed by atoms with Gasteiger partial charge >= 0.3 is 0 Å². The molecule has 0 aromatic heterocycles. The lowest BCUT2D eigenvalue weighted by atomic mass is 10.2. The van der Waals surface area contributed by atoms with E-state index >= 15 is 0 Å². The maximum Gasteiger partial charge on any atom is 0.243 e. The number of amides is 1. The van der Waals surface area contributed by atoms with Crippen molar-refractivity contribution in [1.29, 1.82) is 0 Å². The van der Waals surface area contributed by atoms with Gasteiger partial charge in [-0.2, -0.15) is 4.31 Å². The molecule has 0 aliphatic carbocycles. The SMILES string of the molecule is CCCN(C)CC(=O)Nc1ccc(C)c(S(=O)(=O)N2CCCCC2)c1. The van der Waals surface area contributed by atoms with Gasteiger partial charge in [0.2, 0.25) is 15.9 Å². The summed E-state index contributed by atoms with van der Waals surface area (Å²) in [5.74, 6) is -0.138. The number of nitrogens with one attached hydrogen (secondary N) is 1. The maximum atomic E-state index is 12.9. The lowest BCUT2D eigenvalue weighted by Gasteiger charge is -2.26. The third-order valence-electron chi connectivity index (χ3n) is 4.42. The van der Waals surface area contributed by atoms with Gasteiger partial charge in [0.25, 0.3) is 0 Å². The molecule has 0 atom stereocenters. The Morgan fingerprint density at radius 1 is 1.24 bits per heavy atom. The molecule has 0 spiro atoms. The van der Waals surface area contributed by atoms with Gasteiger partial charge < -0.3 is 5.32 Å². The van der Waals surface area contributed by atoms with Gasteiger partial charge in [-0.3, -0.25) is 9.69 Å². The summed E-state index contributed by atoms with van der Waals surface area (Å²) in [6.45, 7) is 6.12. The molecule has 1 N–H and O–H groups in total. The van der Waals surface area contributed by atoms with Crippen molar-refractivity contribution in [3.63, 3.8) is 0 Å². The molecule has 1 aromatic carbocycles. The van der Waals surface area contributed by atoms with E-state index in [1.807, 2.05) is 11.9 Å². The van der Waals surface area contributed by atoms with Crippen molar-refractivity contribution in [3.05, 3.63) is 23.8 Å². The normalized spacial score (nSPS) is 16.2. The van der Waals surface area contributed by atoms with Crippen molar-refractivity contribution in [2.24, 2.45) is 0 Å². The van der Waals surface area contributed by atoms with Crippen LogP contribution >= 0.6 is 0 Å². The highest BCUT2D eigenvalue weighted by atomic mass is 32.2. The number of carbonyl (C=O) groups excluding carboxylic acids is 1. The summed E-state index contributed by atoms with van der Waals surface area (Å²) in [6, 6.07) is 5.08. The number of anilines is 1. The summed E-state index contributed by atoms with van der Waals surface area (Å²) in [7, 11) is -1.62. The van der Waals surface area contributed by atoms with E-state index in [4.69, 9.17) is 0 Å². The van der Waals surface area contributed by atoms with Crippen molar-refractivity contribution in [2.45, 2.75) is 44.4 Å². The first-order chi connectivity index (χ1) is 11.8. The second-order valence-corrected chi connectivity index (χ2v) is 8.64. The van der Waals surface area contributed by atoms with E-state index in [2.05, 4.69) is 12.2 Å². The van der Waals surface area contributed by atoms with Crippen molar-refractivity contribution in [1.82, 2.24) is 9.21 Å². The second-order valence-electron chi connectivity index (χ2n) is 6.73. The Morgan fingerprint density at radius 3 is 2.56 bits per heavy atom. The predicted molar refractivity (Wildman–Crippen MR) is 100 cm³/mol. The predicted octanol–water partition coefficient (Wildman–Crippen LogP) is 2.45. The third kappa shape index (κ3) is 5.26. The molecular weight excluding hydrogens is 338 g/mol. The van der Waals surface area contributed by atoms with Crippen LogP contribution in [0.1, 0.15) is 38.2 Å². The van der Waals surface area contributed by atoms with Crippen molar-refractivity contribution < 1.29 is 13.2 Å². The third-order valence-corrected chi connectivity index (χ3v) is 6.46. The first-order valence-electron chi connectivity index (χ1n) is 8.93. The molecule has 0 saturated carbocycles. The molecule has 0 bridgehead atoms. The highest BCUT2D eigenvalue weighted by Crippen LogP contribution is 2.26. The topological polar surface area (TPSA) is 69.7 Å². The van der Waals surface area contributed by atoms with E-state index < -0.39 is 10.0 Å². The summed E-state index contributed by atoms with van der Waals surface area (Å²) < 4.78 is 27.4. The number of nitrogens with zero attached hydrogens (tertiary/aromatic N) is 2. The molecule has 25 heavy (non-hydrogen) atoms. The van der Waals surface area contributed by atoms with Gasteiger partial charge in [-0.1, -0.05) is 19.4 Å². The zero-order valence-corrected chi connectivity index (χ0v) is 16.2. The Hall–Kier alpha value is -1.44. The van der Waals surface area contributed by atoms with Crippen LogP contribution in [0.2, 0.25) is 0 Å². The first kappa shape index (κ1) is 19.9. The van der Waals surface area contributed by atoms with E-state index in [0.29, 0.717) is 24.3 Å². The number of hydrogen-bond donors (Lipinski definition) is 1. The van der Waals surface area contributed by atoms with Crippen molar-refractivity contribution in [3.8, 4) is 0 Å². The number of aryl methyl sites for hydroxylation is 1. The summed E-state index contributed by atoms with van der Waals surface area (Å²) in [5.41, 5.74) is 1.22. The smallest absolute Gasteiger partial charge is 0.243 e. The number of hydrogen-bond acceptors (Lipinski definition) is 4. The first-order valence-corrected chi connectivity index (χ1v) is 10.4. The number of sulfonamides is 1. The van der Waals surface area contributed by atoms with Crippen molar-refractivity contribution >= 4 is 21.6 Å². The van der Waals surface area contributed by atoms with Crippen LogP contribution in [0.15, 0.2) is 23.1 Å². The molecule has 2 rings (SSSR count). The minimum atomic E-state index is -3.51. The number of carbonyl (C=O) groups is 1. The average Bonchev–Trinajstić information content (AvgIpc) is 2.57. The molecule has 1 amide bonds. The Morgan fingerprint density at radius 2 is 1.92 bits per heavy atom. The molecule has 6 nitrogen and oxygen atoms in total. The molecular formula is C18H29N3O3S. The Bertz CT molecular complexity index is 698. The van der Waals surface area contributed by atoms with Crippen LogP contribution in [0.4, 0.5) is 5.69 Å². The molecule has 1 heterocycles. The Labute approximate surface area is 151 Å². The van der Waals surface area contributed by atoms with Crippen LogP contribution < -0.4 is 5.32 Å². The van der Waals surface area contributed by atoms with Gasteiger partial charge in [-0.15, -0.1) is 0 Å². The number of piperidine rings is 1. The van der Waals surface area contributed by atoms with Crippen LogP contribution in [0.3, 0.4) is 0 Å². The molecule has 1 aromatic rings. The minimum absolute atomic E-state index is 0.138. The fraction of sp³-hybridized carbons (Fsp3) is 0.611. The van der Waals surface area contributed by atoms with Crippen LogP contribution in [0, 0.1) is 6.92 Å². The minimum Gasteiger partial charge on any atom is -0.325 e. The summed E-state index contributed by atoms with van der Waals surface area (Å²) in [5, 5.41) is 2.81. The molecule has 140 valence electrons. The molecule has 7 heteroatoms. The van der Waals surface area contributed by atoms with Gasteiger partial charge in [-0.25, -0.2) is 8.42 Å². The molecule has 1 saturated heterocycles. The number of rotatable bonds is 7. The number of benzene rings is 1. The quantitative estimate of drug-likeness (QED) is 0.804. The highest BCUT2D eigenvalue weighted by Gasteiger charge is 2.27. The molecule has 0 unspecified atom stereocenters. The zero-order valence-electron chi connectivity index (χ0n) is 15.4. The Balaban J connectivity index is 2.15. The summed E-state index contributed by atoms with van der Waals surface area (Å²) >= 11 is 0. The zero-order chi connectivity index (χ0) is 18.4. The molecule has 0 radical (unpaired) electrons. The number of likely N-dealkylation sites (N-methyl/N-ethyl adjacent to an activating group) is 1. The van der Waals surface area contributed by atoms with E-state index in [1.165, 1.54) is 0 Å². The van der Waals surface area contributed by atoms with Crippen LogP contribution in [0.25, 0.3) is 0 Å². The average molecular weight is 368 g/mol. The summed E-state index contributed by atoms with van der Waals surface area (Å²) in [6.07, 6.45) is 3.86. The lowest BCUT2D eigenvalue weighted by molar-refractivity contribution is -0.117. The summed E-state index contributed by atoms with van der Waals surface area (Å²) in [4.78, 5) is 14.4. The van der Waals surface area contributed by atoms with Gasteiger partial charge in [0, 0.05) is 18.8 Å². The van der Waals surface area contributed by atoms with E-state index in [1.54, 1.807) is 29.4 Å². The largest absolute Gasteiger partial charge is 0.325 e. The van der Waals surface area contributed by atoms with E-state index in [9.17, 15) is 13.2 Å². The lowest BCUT2D eigenvalue weighted by Crippen LogP contribution is -2.36. The Kier molecular flexibility index (Phi) is 6.98. The molecule has 1 aliphatic heterocycles. The maximum absolute atomic E-state index is 12.9. The van der Waals surface area contributed by atoms with Crippen LogP contribution in [-0.4, -0.2) is 56.8 Å². The van der Waals surface area contributed by atoms with Gasteiger partial charge in [0.05, 0.1) is 11.4 Å². The van der Waals surface area contributed by atoms with Crippen molar-refractivity contribution in [2.75, 3.05) is 38.5 Å². The second kappa shape index (κ2) is 8.78. The monoisotopic (exact) mass is 367 g/mol. The van der Waals surface area contributed by atoms with Gasteiger partial charge in [0.1, 0.15) is 0 Å². The molecule has 1 fully saturated rings. The van der Waals surface area contributed by atoms with Gasteiger partial charge in [0.15, 0.2) is 0 Å². The molecule has 1 aliphatic rings. The standard InChI is InChI=1S/C18H29N3O3S/c1-4-10-20(3)14-18(22)19-16-9-8-15(2)17(13-16)25(23,24)21-11-6-5-7-12-21/h8-9,13H,4-7,10-12,14H2,1-3H3,(H,19,22). The van der Waals surface area contributed by atoms with E-state index in [0.717, 1.165) is 32.2 Å². The van der Waals surface area contributed by atoms with Crippen LogP contribution in [-0.2, 0) is 14.8 Å². The van der Waals surface area contributed by atoms with E-state index in [-0.39, 0.29) is 17.3 Å².